The quantitative estimate of drug-likeness (QED) is 0.293. The lowest BCUT2D eigenvalue weighted by atomic mass is 9.66. The molecular weight excluding hydrogens is 649 g/mol. The van der Waals surface area contributed by atoms with Crippen LogP contribution in [-0.4, -0.2) is 25.0 Å². The van der Waals surface area contributed by atoms with Gasteiger partial charge in [0.15, 0.2) is 0 Å². The van der Waals surface area contributed by atoms with E-state index in [4.69, 9.17) is 0 Å². The van der Waals surface area contributed by atoms with Crippen LogP contribution in [0.3, 0.4) is 0 Å². The molecule has 1 saturated carbocycles. The number of allylic oxidation sites excluding steroid dienone is 4. The zero-order chi connectivity index (χ0) is 25.4. The standard InChI is InChI=1S/C26H22OS10/c1-28-22-23(29-2)35-20(34-22)18-12-8-14-15(33-26(27)32-14)9-13(12)19(17-11-6-5-10(7-11)16(17)18)21-36-24(30-3)25(31-4)37-21/h5-6,8-11,16-17H,7H2,1-4H3/t10-,11+,16?,17?. The second kappa shape index (κ2) is 10.6. The summed E-state index contributed by atoms with van der Waals surface area (Å²) < 4.78 is 11.2. The normalized spacial score (nSPS) is 28.5. The zero-order valence-electron chi connectivity index (χ0n) is 20.3. The average molecular weight is 671 g/mol. The first-order chi connectivity index (χ1) is 18.0. The molecule has 0 saturated heterocycles. The molecule has 5 aliphatic rings. The van der Waals surface area contributed by atoms with Crippen molar-refractivity contribution in [1.29, 1.82) is 0 Å². The van der Waals surface area contributed by atoms with Gasteiger partial charge in [0.2, 0.25) is 0 Å². The molecule has 1 aromatic carbocycles. The third-order valence-electron chi connectivity index (χ3n) is 7.43. The summed E-state index contributed by atoms with van der Waals surface area (Å²) in [6, 6.07) is 4.75. The molecule has 3 heterocycles. The summed E-state index contributed by atoms with van der Waals surface area (Å²) in [5.74, 6) is 2.21. The smallest absolute Gasteiger partial charge is 0.265 e. The molecule has 7 rings (SSSR count). The van der Waals surface area contributed by atoms with Gasteiger partial charge in [-0.2, -0.15) is 0 Å². The maximum absolute atomic E-state index is 12.5. The zero-order valence-corrected chi connectivity index (χ0v) is 28.5. The molecule has 1 nitrogen and oxygen atoms in total. The summed E-state index contributed by atoms with van der Waals surface area (Å²) in [4.78, 5) is 12.5. The van der Waals surface area contributed by atoms with E-state index in [9.17, 15) is 4.79 Å². The number of rotatable bonds is 4. The number of thioether (sulfide) groups is 8. The number of fused-ring (bicyclic) bond motifs is 7. The highest BCUT2D eigenvalue weighted by molar-refractivity contribution is 8.41. The van der Waals surface area contributed by atoms with Crippen molar-refractivity contribution in [2.45, 2.75) is 6.42 Å². The highest BCUT2D eigenvalue weighted by Gasteiger charge is 2.53. The van der Waals surface area contributed by atoms with Gasteiger partial charge in [0.1, 0.15) is 0 Å². The molecule has 4 atom stereocenters. The molecule has 2 bridgehead atoms. The van der Waals surface area contributed by atoms with Crippen molar-refractivity contribution >= 4 is 137 Å². The van der Waals surface area contributed by atoms with E-state index in [1.165, 1.54) is 65.6 Å². The monoisotopic (exact) mass is 670 g/mol. The van der Waals surface area contributed by atoms with Crippen LogP contribution >= 0.6 is 117 Å². The first-order valence-corrected chi connectivity index (χ1v) is 21.4. The molecule has 0 N–H and O–H groups in total. The van der Waals surface area contributed by atoms with Crippen LogP contribution in [0.2, 0.25) is 0 Å². The van der Waals surface area contributed by atoms with Gasteiger partial charge >= 0.3 is 0 Å². The molecule has 2 aromatic rings. The van der Waals surface area contributed by atoms with Crippen LogP contribution in [0.4, 0.5) is 0 Å². The highest BCUT2D eigenvalue weighted by Crippen LogP contribution is 2.69. The first kappa shape index (κ1) is 26.7. The molecule has 3 aliphatic carbocycles. The van der Waals surface area contributed by atoms with Crippen LogP contribution in [-0.2, 0) is 0 Å². The van der Waals surface area contributed by atoms with Gasteiger partial charge in [-0.25, -0.2) is 0 Å². The van der Waals surface area contributed by atoms with E-state index in [1.807, 2.05) is 94.1 Å². The van der Waals surface area contributed by atoms with Gasteiger partial charge in [-0.05, 0) is 89.5 Å². The van der Waals surface area contributed by atoms with Crippen molar-refractivity contribution in [2.75, 3.05) is 25.0 Å². The maximum Gasteiger partial charge on any atom is 0.288 e. The topological polar surface area (TPSA) is 17.1 Å². The number of hydrogen-bond acceptors (Lipinski definition) is 11. The Morgan fingerprint density at radius 3 is 1.38 bits per heavy atom. The summed E-state index contributed by atoms with van der Waals surface area (Å²) in [6.45, 7) is 0. The van der Waals surface area contributed by atoms with Crippen molar-refractivity contribution in [3.05, 3.63) is 69.7 Å². The lowest BCUT2D eigenvalue weighted by molar-refractivity contribution is 0.467. The van der Waals surface area contributed by atoms with Gasteiger partial charge in [-0.15, -0.1) is 47.0 Å². The summed E-state index contributed by atoms with van der Waals surface area (Å²) in [7, 11) is 0. The minimum atomic E-state index is 0.198. The second-order valence-corrected chi connectivity index (χ2v) is 20.3. The summed E-state index contributed by atoms with van der Waals surface area (Å²) in [6.07, 6.45) is 15.1. The molecule has 11 heteroatoms. The fourth-order valence-electron chi connectivity index (χ4n) is 6.09. The molecule has 2 unspecified atom stereocenters. The van der Waals surface area contributed by atoms with Crippen molar-refractivity contribution in [1.82, 2.24) is 0 Å². The third-order valence-corrected chi connectivity index (χ3v) is 20.0. The molecule has 1 fully saturated rings. The maximum atomic E-state index is 12.5. The predicted octanol–water partition coefficient (Wildman–Crippen LogP) is 10.8. The van der Waals surface area contributed by atoms with Gasteiger partial charge in [0.25, 0.3) is 4.06 Å². The Bertz CT molecular complexity index is 1400. The van der Waals surface area contributed by atoms with Crippen molar-refractivity contribution < 1.29 is 0 Å². The van der Waals surface area contributed by atoms with Crippen LogP contribution < -0.4 is 4.06 Å². The Kier molecular flexibility index (Phi) is 7.64. The predicted molar refractivity (Wildman–Crippen MR) is 186 cm³/mol. The van der Waals surface area contributed by atoms with E-state index in [-0.39, 0.29) is 4.06 Å². The summed E-state index contributed by atoms with van der Waals surface area (Å²) >= 11 is 18.3. The van der Waals surface area contributed by atoms with E-state index in [0.29, 0.717) is 23.7 Å². The lowest BCUT2D eigenvalue weighted by Crippen LogP contribution is -2.28. The van der Waals surface area contributed by atoms with Gasteiger partial charge in [0, 0.05) is 9.40 Å². The lowest BCUT2D eigenvalue weighted by Gasteiger charge is -2.40. The van der Waals surface area contributed by atoms with Crippen LogP contribution in [0.15, 0.2) is 54.5 Å². The van der Waals surface area contributed by atoms with Crippen molar-refractivity contribution in [2.24, 2.45) is 23.7 Å². The minimum absolute atomic E-state index is 0.198. The summed E-state index contributed by atoms with van der Waals surface area (Å²) in [5.41, 5.74) is 5.87. The van der Waals surface area contributed by atoms with Gasteiger partial charge in [-0.3, -0.25) is 4.79 Å². The molecule has 0 spiro atoms. The van der Waals surface area contributed by atoms with E-state index in [0.717, 1.165) is 9.40 Å². The molecule has 2 aliphatic heterocycles. The second-order valence-electron chi connectivity index (χ2n) is 9.08. The Morgan fingerprint density at radius 1 is 0.649 bits per heavy atom. The van der Waals surface area contributed by atoms with E-state index in [1.54, 1.807) is 11.1 Å². The van der Waals surface area contributed by atoms with Gasteiger partial charge < -0.3 is 0 Å². The SMILES string of the molecule is CSC1=C(SC)SC(=C2c3cc4sc(=O)sc4cc3C(=C3SC(SC)=C(SC)S3)C3C2[C@@H]2C=C[C@H]3C2)S1. The van der Waals surface area contributed by atoms with E-state index in [2.05, 4.69) is 49.3 Å². The molecule has 37 heavy (non-hydrogen) atoms. The fourth-order valence-corrected chi connectivity index (χ4v) is 18.5. The Morgan fingerprint density at radius 2 is 1.03 bits per heavy atom. The minimum Gasteiger partial charge on any atom is -0.265 e. The molecule has 1 aromatic heterocycles. The van der Waals surface area contributed by atoms with Crippen molar-refractivity contribution in [3.8, 4) is 0 Å². The number of hydrogen-bond donors (Lipinski definition) is 0. The first-order valence-electron chi connectivity index (χ1n) is 11.7. The van der Waals surface area contributed by atoms with Crippen LogP contribution in [0.1, 0.15) is 17.5 Å². The Labute approximate surface area is 259 Å². The third kappa shape index (κ3) is 4.31. The molecule has 0 radical (unpaired) electrons. The van der Waals surface area contributed by atoms with Crippen LogP contribution in [0, 0.1) is 23.7 Å². The van der Waals surface area contributed by atoms with E-state index >= 15 is 0 Å². The molecular formula is C26H22OS10. The van der Waals surface area contributed by atoms with Gasteiger partial charge in [0.05, 0.1) is 25.4 Å². The largest absolute Gasteiger partial charge is 0.288 e. The molecule has 192 valence electrons. The summed E-state index contributed by atoms with van der Waals surface area (Å²) in [5, 5.41) is 0. The Balaban J connectivity index is 1.50. The molecule has 0 amide bonds. The fraction of sp³-hybridized carbons (Fsp3) is 0.346. The van der Waals surface area contributed by atoms with Gasteiger partial charge in [-0.1, -0.05) is 81.9 Å². The van der Waals surface area contributed by atoms with Crippen molar-refractivity contribution in [3.63, 3.8) is 0 Å². The van der Waals surface area contributed by atoms with Crippen LogP contribution in [0.25, 0.3) is 20.5 Å². The Hall–Kier alpha value is 0.830. The van der Waals surface area contributed by atoms with Crippen LogP contribution in [0.5, 0.6) is 0 Å². The van der Waals surface area contributed by atoms with E-state index < -0.39 is 0 Å². The average Bonchev–Trinajstić information content (AvgIpc) is 3.72. The highest BCUT2D eigenvalue weighted by atomic mass is 32.3. The number of benzene rings is 1.